The van der Waals surface area contributed by atoms with Crippen LogP contribution >= 0.6 is 24.4 Å². The smallest absolute Gasteiger partial charge is 0.153 e. The molecule has 0 aliphatic heterocycles. The Kier molecular flexibility index (Phi) is 3.23. The lowest BCUT2D eigenvalue weighted by molar-refractivity contribution is 1.33. The monoisotopic (exact) mass is 137 g/mol. The van der Waals surface area contributed by atoms with E-state index in [1.807, 2.05) is 0 Å². The highest BCUT2D eigenvalue weighted by atomic mass is 32.2. The van der Waals surface area contributed by atoms with Gasteiger partial charge in [0.05, 0.1) is 0 Å². The Labute approximate surface area is 51.7 Å². The molecule has 0 heterocycles. The number of hydrogen-bond acceptors (Lipinski definition) is 4. The largest absolute Gasteiger partial charge is 0.379 e. The summed E-state index contributed by atoms with van der Waals surface area (Å²) in [7, 11) is 0. The molecule has 1 atom stereocenters. The molecular formula is C2H7N3S2. The zero-order chi connectivity index (χ0) is 5.86. The summed E-state index contributed by atoms with van der Waals surface area (Å²) >= 11 is 4.77. The Morgan fingerprint density at radius 2 is 2.29 bits per heavy atom. The molecule has 0 radical (unpaired) electrons. The maximum atomic E-state index is 6.64. The highest BCUT2D eigenvalue weighted by Crippen LogP contribution is 2.05. The van der Waals surface area contributed by atoms with Crippen LogP contribution in [0, 0.1) is 5.41 Å². The van der Waals surface area contributed by atoms with Gasteiger partial charge in [-0.1, -0.05) is 11.8 Å². The van der Waals surface area contributed by atoms with Crippen molar-refractivity contribution < 1.29 is 0 Å². The van der Waals surface area contributed by atoms with Crippen molar-refractivity contribution in [2.75, 3.05) is 0 Å². The lowest BCUT2D eigenvalue weighted by Gasteiger charge is -1.97. The summed E-state index contributed by atoms with van der Waals surface area (Å²) in [6, 6.07) is 0. The Morgan fingerprint density at radius 3 is 2.29 bits per heavy atom. The molecule has 0 rings (SSSR count). The second-order valence-electron chi connectivity index (χ2n) is 0.873. The van der Waals surface area contributed by atoms with Crippen LogP contribution < -0.4 is 11.5 Å². The van der Waals surface area contributed by atoms with E-state index in [2.05, 4.69) is 12.6 Å². The zero-order valence-electron chi connectivity index (χ0n) is 3.59. The number of rotatable bonds is 1. The molecule has 0 bridgehead atoms. The van der Waals surface area contributed by atoms with Gasteiger partial charge in [0.2, 0.25) is 0 Å². The minimum absolute atomic E-state index is 0.00231. The average Bonchev–Trinajstić information content (AvgIpc) is 1.27. The first-order valence-corrected chi connectivity index (χ1v) is 2.97. The minimum atomic E-state index is -0.363. The number of amidine groups is 1. The minimum Gasteiger partial charge on any atom is -0.379 e. The summed E-state index contributed by atoms with van der Waals surface area (Å²) in [5.74, 6) is 0. The third kappa shape index (κ3) is 6.13. The number of hydrogen-bond donors (Lipinski definition) is 4. The molecule has 0 saturated heterocycles. The van der Waals surface area contributed by atoms with Gasteiger partial charge in [-0.15, -0.1) is 12.6 Å². The number of nitrogens with one attached hydrogen (secondary N) is 1. The van der Waals surface area contributed by atoms with E-state index < -0.39 is 0 Å². The van der Waals surface area contributed by atoms with E-state index in [4.69, 9.17) is 16.9 Å². The van der Waals surface area contributed by atoms with E-state index in [1.54, 1.807) is 0 Å². The van der Waals surface area contributed by atoms with Crippen molar-refractivity contribution in [2.24, 2.45) is 11.5 Å². The van der Waals surface area contributed by atoms with Gasteiger partial charge < -0.3 is 11.5 Å². The van der Waals surface area contributed by atoms with Gasteiger partial charge in [0.15, 0.2) is 5.17 Å². The fraction of sp³-hybridized carbons (Fsp3) is 0.500. The molecule has 5 N–H and O–H groups in total. The van der Waals surface area contributed by atoms with Gasteiger partial charge >= 0.3 is 0 Å². The first-order chi connectivity index (χ1) is 3.13. The van der Waals surface area contributed by atoms with E-state index >= 15 is 0 Å². The first-order valence-electron chi connectivity index (χ1n) is 1.57. The summed E-state index contributed by atoms with van der Waals surface area (Å²) in [4.78, 5) is 0. The van der Waals surface area contributed by atoms with Crippen LogP contribution in [0.25, 0.3) is 0 Å². The Bertz CT molecular complexity index is 71.3. The van der Waals surface area contributed by atoms with Crippen LogP contribution in [0.3, 0.4) is 0 Å². The third-order valence-electron chi connectivity index (χ3n) is 0.248. The molecule has 0 fully saturated rings. The normalized spacial score (nSPS) is 13.4. The van der Waals surface area contributed by atoms with Crippen LogP contribution in [0.15, 0.2) is 0 Å². The molecule has 5 heteroatoms. The van der Waals surface area contributed by atoms with E-state index in [0.717, 1.165) is 11.8 Å². The lowest BCUT2D eigenvalue weighted by Crippen LogP contribution is -2.14. The third-order valence-corrected chi connectivity index (χ3v) is 1.06. The van der Waals surface area contributed by atoms with Crippen molar-refractivity contribution in [3.8, 4) is 0 Å². The quantitative estimate of drug-likeness (QED) is 0.175. The second kappa shape index (κ2) is 3.17. The van der Waals surface area contributed by atoms with Crippen molar-refractivity contribution in [1.82, 2.24) is 0 Å². The topological polar surface area (TPSA) is 75.9 Å². The maximum absolute atomic E-state index is 6.64. The molecule has 3 nitrogen and oxygen atoms in total. The highest BCUT2D eigenvalue weighted by Gasteiger charge is 1.94. The summed E-state index contributed by atoms with van der Waals surface area (Å²) in [5.41, 5.74) is 10.0. The first kappa shape index (κ1) is 7.13. The van der Waals surface area contributed by atoms with E-state index in [0.29, 0.717) is 0 Å². The molecule has 0 aromatic rings. The lowest BCUT2D eigenvalue weighted by atomic mass is 11.4. The number of thioether (sulfide) groups is 1. The van der Waals surface area contributed by atoms with Crippen LogP contribution in [-0.4, -0.2) is 9.87 Å². The summed E-state index contributed by atoms with van der Waals surface area (Å²) in [6.07, 6.45) is 0. The van der Waals surface area contributed by atoms with Crippen molar-refractivity contribution in [1.29, 1.82) is 5.41 Å². The molecule has 0 spiro atoms. The van der Waals surface area contributed by atoms with Crippen LogP contribution in [0.5, 0.6) is 0 Å². The van der Waals surface area contributed by atoms with Gasteiger partial charge in [-0.3, -0.25) is 5.41 Å². The molecule has 0 aliphatic carbocycles. The Balaban J connectivity index is 3.13. The molecule has 1 unspecified atom stereocenters. The predicted octanol–water partition coefficient (Wildman–Crippen LogP) is -0.215. The van der Waals surface area contributed by atoms with Crippen LogP contribution in [-0.2, 0) is 0 Å². The molecule has 7 heavy (non-hydrogen) atoms. The molecule has 0 amide bonds. The number of nitrogens with two attached hydrogens (primary N) is 2. The average molecular weight is 137 g/mol. The van der Waals surface area contributed by atoms with E-state index in [-0.39, 0.29) is 9.87 Å². The van der Waals surface area contributed by atoms with E-state index in [9.17, 15) is 0 Å². The van der Waals surface area contributed by atoms with Crippen molar-refractivity contribution in [3.63, 3.8) is 0 Å². The SMILES string of the molecule is N=C(N)SC(N)S. The molecule has 0 aromatic heterocycles. The standard InChI is InChI=1S/C2H7N3S2/c3-1(4)7-2(5)6/h2,6H,5H2,(H3,3,4). The summed E-state index contributed by atoms with van der Waals surface area (Å²) in [5, 5.41) is 6.64. The van der Waals surface area contributed by atoms with Gasteiger partial charge in [0.1, 0.15) is 4.71 Å². The number of thiol groups is 1. The molecule has 0 aromatic carbocycles. The predicted molar refractivity (Wildman–Crippen MR) is 36.5 cm³/mol. The zero-order valence-corrected chi connectivity index (χ0v) is 5.30. The molecule has 0 aliphatic rings. The Hall–Kier alpha value is 0.130. The summed E-state index contributed by atoms with van der Waals surface area (Å²) in [6.45, 7) is 0. The molecule has 0 saturated carbocycles. The van der Waals surface area contributed by atoms with Crippen LogP contribution in [0.2, 0.25) is 0 Å². The highest BCUT2D eigenvalue weighted by molar-refractivity contribution is 8.20. The summed E-state index contributed by atoms with van der Waals surface area (Å²) < 4.78 is -0.363. The van der Waals surface area contributed by atoms with Gasteiger partial charge in [0.25, 0.3) is 0 Å². The molecule has 42 valence electrons. The van der Waals surface area contributed by atoms with Crippen molar-refractivity contribution in [2.45, 2.75) is 4.71 Å². The van der Waals surface area contributed by atoms with Gasteiger partial charge in [-0.05, 0) is 0 Å². The van der Waals surface area contributed by atoms with Gasteiger partial charge in [-0.25, -0.2) is 0 Å². The maximum Gasteiger partial charge on any atom is 0.153 e. The van der Waals surface area contributed by atoms with Crippen LogP contribution in [0.1, 0.15) is 0 Å². The van der Waals surface area contributed by atoms with Crippen molar-refractivity contribution in [3.05, 3.63) is 0 Å². The van der Waals surface area contributed by atoms with Crippen LogP contribution in [0.4, 0.5) is 0 Å². The fourth-order valence-electron chi connectivity index (χ4n) is 0.130. The van der Waals surface area contributed by atoms with E-state index in [1.165, 1.54) is 0 Å². The van der Waals surface area contributed by atoms with Gasteiger partial charge in [-0.2, -0.15) is 0 Å². The second-order valence-corrected chi connectivity index (χ2v) is 2.96. The molecular weight excluding hydrogens is 130 g/mol. The fourth-order valence-corrected chi connectivity index (χ4v) is 0.731. The van der Waals surface area contributed by atoms with Crippen molar-refractivity contribution >= 4 is 29.6 Å². The Morgan fingerprint density at radius 1 is 1.86 bits per heavy atom. The van der Waals surface area contributed by atoms with Gasteiger partial charge in [0, 0.05) is 0 Å².